The standard InChI is InChI=1S/C10H11N3O/c11-6-8-5-7(1-2-10(8)14)9-3-4-12-13-9/h1-5,14H,6,11H2,(H,12,13). The Hall–Kier alpha value is -1.81. The van der Waals surface area contributed by atoms with E-state index in [9.17, 15) is 5.11 Å². The van der Waals surface area contributed by atoms with E-state index in [1.165, 1.54) is 0 Å². The molecule has 4 heteroatoms. The number of nitrogens with zero attached hydrogens (tertiary/aromatic N) is 1. The van der Waals surface area contributed by atoms with Gasteiger partial charge in [0.05, 0.1) is 5.69 Å². The highest BCUT2D eigenvalue weighted by Crippen LogP contribution is 2.23. The van der Waals surface area contributed by atoms with Crippen molar-refractivity contribution in [2.24, 2.45) is 5.73 Å². The number of nitrogens with two attached hydrogens (primary N) is 1. The summed E-state index contributed by atoms with van der Waals surface area (Å²) < 4.78 is 0. The molecule has 0 bridgehead atoms. The summed E-state index contributed by atoms with van der Waals surface area (Å²) in [6.45, 7) is 0.327. The van der Waals surface area contributed by atoms with Gasteiger partial charge >= 0.3 is 0 Å². The minimum Gasteiger partial charge on any atom is -0.508 e. The Balaban J connectivity index is 2.46. The number of hydrogen-bond acceptors (Lipinski definition) is 3. The Morgan fingerprint density at radius 3 is 2.86 bits per heavy atom. The van der Waals surface area contributed by atoms with E-state index in [0.717, 1.165) is 16.8 Å². The molecule has 0 aliphatic heterocycles. The maximum atomic E-state index is 9.43. The van der Waals surface area contributed by atoms with E-state index in [0.29, 0.717) is 6.54 Å². The lowest BCUT2D eigenvalue weighted by Crippen LogP contribution is -1.96. The Labute approximate surface area is 81.4 Å². The average molecular weight is 189 g/mol. The number of aromatic hydroxyl groups is 1. The Morgan fingerprint density at radius 1 is 1.36 bits per heavy atom. The zero-order valence-electron chi connectivity index (χ0n) is 7.57. The van der Waals surface area contributed by atoms with Crippen LogP contribution in [-0.4, -0.2) is 15.3 Å². The molecule has 0 unspecified atom stereocenters. The predicted molar refractivity (Wildman–Crippen MR) is 53.6 cm³/mol. The summed E-state index contributed by atoms with van der Waals surface area (Å²) in [6, 6.07) is 7.18. The highest BCUT2D eigenvalue weighted by atomic mass is 16.3. The number of H-pyrrole nitrogens is 1. The van der Waals surface area contributed by atoms with Crippen LogP contribution in [0.15, 0.2) is 30.5 Å². The first-order valence-corrected chi connectivity index (χ1v) is 4.33. The zero-order chi connectivity index (χ0) is 9.97. The fraction of sp³-hybridized carbons (Fsp3) is 0.100. The number of aromatic amines is 1. The molecule has 0 spiro atoms. The molecule has 0 aliphatic carbocycles. The summed E-state index contributed by atoms with van der Waals surface area (Å²) >= 11 is 0. The largest absolute Gasteiger partial charge is 0.508 e. The van der Waals surface area contributed by atoms with Crippen molar-refractivity contribution in [3.05, 3.63) is 36.0 Å². The minimum absolute atomic E-state index is 0.232. The van der Waals surface area contributed by atoms with Crippen LogP contribution in [0.3, 0.4) is 0 Å². The van der Waals surface area contributed by atoms with Gasteiger partial charge in [0.15, 0.2) is 0 Å². The van der Waals surface area contributed by atoms with E-state index >= 15 is 0 Å². The lowest BCUT2D eigenvalue weighted by atomic mass is 10.1. The van der Waals surface area contributed by atoms with Crippen molar-refractivity contribution in [3.8, 4) is 17.0 Å². The summed E-state index contributed by atoms with van der Waals surface area (Å²) in [7, 11) is 0. The van der Waals surface area contributed by atoms with E-state index in [1.54, 1.807) is 12.3 Å². The molecular weight excluding hydrogens is 178 g/mol. The molecule has 1 heterocycles. The van der Waals surface area contributed by atoms with Gasteiger partial charge in [-0.3, -0.25) is 5.10 Å². The van der Waals surface area contributed by atoms with Crippen molar-refractivity contribution in [1.29, 1.82) is 0 Å². The summed E-state index contributed by atoms with van der Waals surface area (Å²) in [5.74, 6) is 0.232. The topological polar surface area (TPSA) is 74.9 Å². The predicted octanol–water partition coefficient (Wildman–Crippen LogP) is 1.24. The summed E-state index contributed by atoms with van der Waals surface area (Å²) in [5, 5.41) is 16.1. The van der Waals surface area contributed by atoms with E-state index in [4.69, 9.17) is 5.73 Å². The molecular formula is C10H11N3O. The molecule has 0 saturated heterocycles. The molecule has 72 valence electrons. The molecule has 2 rings (SSSR count). The van der Waals surface area contributed by atoms with Crippen LogP contribution >= 0.6 is 0 Å². The van der Waals surface area contributed by atoms with Crippen molar-refractivity contribution < 1.29 is 5.11 Å². The monoisotopic (exact) mass is 189 g/mol. The maximum absolute atomic E-state index is 9.43. The van der Waals surface area contributed by atoms with E-state index < -0.39 is 0 Å². The first-order valence-electron chi connectivity index (χ1n) is 4.33. The van der Waals surface area contributed by atoms with Crippen LogP contribution in [-0.2, 0) is 6.54 Å². The van der Waals surface area contributed by atoms with Gasteiger partial charge in [-0.1, -0.05) is 0 Å². The number of benzene rings is 1. The van der Waals surface area contributed by atoms with Crippen molar-refractivity contribution in [1.82, 2.24) is 10.2 Å². The molecule has 0 radical (unpaired) electrons. The first kappa shape index (κ1) is 8.77. The molecule has 0 fully saturated rings. The second kappa shape index (κ2) is 3.51. The first-order chi connectivity index (χ1) is 6.81. The van der Waals surface area contributed by atoms with Gasteiger partial charge < -0.3 is 10.8 Å². The molecule has 0 aliphatic rings. The second-order valence-electron chi connectivity index (χ2n) is 3.02. The fourth-order valence-corrected chi connectivity index (χ4v) is 1.33. The number of rotatable bonds is 2. The lowest BCUT2D eigenvalue weighted by Gasteiger charge is -2.03. The molecule has 2 aromatic rings. The van der Waals surface area contributed by atoms with Gasteiger partial charge in [-0.2, -0.15) is 5.10 Å². The molecule has 1 aromatic carbocycles. The van der Waals surface area contributed by atoms with Gasteiger partial charge in [0.1, 0.15) is 5.75 Å². The fourth-order valence-electron chi connectivity index (χ4n) is 1.33. The smallest absolute Gasteiger partial charge is 0.120 e. The van der Waals surface area contributed by atoms with Crippen LogP contribution in [0.1, 0.15) is 5.56 Å². The summed E-state index contributed by atoms with van der Waals surface area (Å²) in [5.41, 5.74) is 8.11. The highest BCUT2D eigenvalue weighted by Gasteiger charge is 2.03. The maximum Gasteiger partial charge on any atom is 0.120 e. The number of phenolic OH excluding ortho intramolecular Hbond substituents is 1. The third-order valence-corrected chi connectivity index (χ3v) is 2.11. The van der Waals surface area contributed by atoms with Gasteiger partial charge in [-0.15, -0.1) is 0 Å². The quantitative estimate of drug-likeness (QED) is 0.665. The second-order valence-corrected chi connectivity index (χ2v) is 3.02. The SMILES string of the molecule is NCc1cc(-c2ccn[nH]2)ccc1O. The third-order valence-electron chi connectivity index (χ3n) is 2.11. The van der Waals surface area contributed by atoms with Crippen LogP contribution in [0.5, 0.6) is 5.75 Å². The van der Waals surface area contributed by atoms with Crippen molar-refractivity contribution >= 4 is 0 Å². The average Bonchev–Trinajstić information content (AvgIpc) is 2.71. The van der Waals surface area contributed by atoms with Crippen molar-refractivity contribution in [2.45, 2.75) is 6.54 Å². The summed E-state index contributed by atoms with van der Waals surface area (Å²) in [6.07, 6.45) is 1.68. The molecule has 0 amide bonds. The van der Waals surface area contributed by atoms with Crippen molar-refractivity contribution in [3.63, 3.8) is 0 Å². The van der Waals surface area contributed by atoms with E-state index in [2.05, 4.69) is 10.2 Å². The van der Waals surface area contributed by atoms with Gasteiger partial charge in [-0.25, -0.2) is 0 Å². The number of hydrogen-bond donors (Lipinski definition) is 3. The zero-order valence-corrected chi connectivity index (χ0v) is 7.57. The van der Waals surface area contributed by atoms with E-state index in [1.807, 2.05) is 18.2 Å². The van der Waals surface area contributed by atoms with Crippen molar-refractivity contribution in [2.75, 3.05) is 0 Å². The molecule has 4 nitrogen and oxygen atoms in total. The van der Waals surface area contributed by atoms with Crippen LogP contribution in [0.2, 0.25) is 0 Å². The van der Waals surface area contributed by atoms with Gasteiger partial charge in [0.25, 0.3) is 0 Å². The van der Waals surface area contributed by atoms with Crippen LogP contribution < -0.4 is 5.73 Å². The molecule has 0 saturated carbocycles. The highest BCUT2D eigenvalue weighted by molar-refractivity contribution is 5.61. The third kappa shape index (κ3) is 1.47. The van der Waals surface area contributed by atoms with E-state index in [-0.39, 0.29) is 5.75 Å². The van der Waals surface area contributed by atoms with Crippen LogP contribution in [0.4, 0.5) is 0 Å². The van der Waals surface area contributed by atoms with Crippen LogP contribution in [0.25, 0.3) is 11.3 Å². The lowest BCUT2D eigenvalue weighted by molar-refractivity contribution is 0.468. The molecule has 0 atom stereocenters. The van der Waals surface area contributed by atoms with Crippen LogP contribution in [0, 0.1) is 0 Å². The molecule has 14 heavy (non-hydrogen) atoms. The Morgan fingerprint density at radius 2 is 2.21 bits per heavy atom. The van der Waals surface area contributed by atoms with Gasteiger partial charge in [0, 0.05) is 23.9 Å². The Bertz CT molecular complexity index is 423. The van der Waals surface area contributed by atoms with Gasteiger partial charge in [0.2, 0.25) is 0 Å². The number of aromatic nitrogens is 2. The minimum atomic E-state index is 0.232. The summed E-state index contributed by atoms with van der Waals surface area (Å²) in [4.78, 5) is 0. The molecule has 1 aromatic heterocycles. The number of nitrogens with one attached hydrogen (secondary N) is 1. The Kier molecular flexibility index (Phi) is 2.20. The number of phenols is 1. The normalized spacial score (nSPS) is 10.4. The van der Waals surface area contributed by atoms with Gasteiger partial charge in [-0.05, 0) is 24.3 Å². The molecule has 4 N–H and O–H groups in total.